The van der Waals surface area contributed by atoms with Crippen molar-refractivity contribution in [2.75, 3.05) is 5.75 Å². The van der Waals surface area contributed by atoms with Crippen molar-refractivity contribution in [1.82, 2.24) is 10.3 Å². The Morgan fingerprint density at radius 1 is 1.39 bits per heavy atom. The number of rotatable bonds is 4. The lowest BCUT2D eigenvalue weighted by atomic mass is 9.78. The maximum Gasteiger partial charge on any atom is 0.220 e. The van der Waals surface area contributed by atoms with E-state index in [0.717, 1.165) is 16.5 Å². The van der Waals surface area contributed by atoms with E-state index in [2.05, 4.69) is 28.5 Å². The van der Waals surface area contributed by atoms with Crippen LogP contribution in [0.25, 0.3) is 10.9 Å². The minimum atomic E-state index is -2.97. The predicted molar refractivity (Wildman–Crippen MR) is 89.0 cm³/mol. The van der Waals surface area contributed by atoms with Crippen LogP contribution >= 0.6 is 0 Å². The van der Waals surface area contributed by atoms with Gasteiger partial charge in [-0.05, 0) is 43.4 Å². The number of aromatic nitrogens is 1. The Morgan fingerprint density at radius 2 is 2.17 bits per heavy atom. The highest BCUT2D eigenvalue weighted by Gasteiger charge is 2.60. The van der Waals surface area contributed by atoms with Crippen LogP contribution in [0.5, 0.6) is 0 Å². The van der Waals surface area contributed by atoms with E-state index in [4.69, 9.17) is 0 Å². The van der Waals surface area contributed by atoms with Crippen LogP contribution in [-0.4, -0.2) is 35.9 Å². The molecule has 1 saturated carbocycles. The normalized spacial score (nSPS) is 27.8. The first-order chi connectivity index (χ1) is 10.9. The number of sulfone groups is 1. The van der Waals surface area contributed by atoms with Gasteiger partial charge in [0.05, 0.1) is 16.5 Å². The van der Waals surface area contributed by atoms with Gasteiger partial charge in [0.1, 0.15) is 0 Å². The summed E-state index contributed by atoms with van der Waals surface area (Å²) in [5.41, 5.74) is 2.93. The number of carbonyl (C=O) groups is 1. The van der Waals surface area contributed by atoms with Crippen molar-refractivity contribution < 1.29 is 13.2 Å². The molecule has 23 heavy (non-hydrogen) atoms. The molecule has 2 aliphatic heterocycles. The Bertz CT molecular complexity index is 892. The molecule has 0 radical (unpaired) electrons. The molecule has 5 nitrogen and oxygen atoms in total. The first kappa shape index (κ1) is 14.8. The number of aryl methyl sites for hydroxylation is 2. The molecule has 0 unspecified atom stereocenters. The number of hydrogen-bond acceptors (Lipinski definition) is 3. The number of nitrogens with one attached hydrogen (secondary N) is 2. The second-order valence-electron chi connectivity index (χ2n) is 7.03. The largest absolute Gasteiger partial charge is 0.361 e. The van der Waals surface area contributed by atoms with E-state index in [0.29, 0.717) is 25.7 Å². The molecular weight excluding hydrogens is 312 g/mol. The summed E-state index contributed by atoms with van der Waals surface area (Å²) < 4.78 is 23.5. The summed E-state index contributed by atoms with van der Waals surface area (Å²) in [5.74, 6) is 0.0602. The zero-order valence-corrected chi connectivity index (χ0v) is 13.9. The zero-order valence-electron chi connectivity index (χ0n) is 13.1. The second kappa shape index (κ2) is 4.84. The highest BCUT2D eigenvalue weighted by molar-refractivity contribution is 7.92. The molecule has 2 saturated heterocycles. The van der Waals surface area contributed by atoms with Crippen molar-refractivity contribution in [3.8, 4) is 0 Å². The minimum absolute atomic E-state index is 0.0537. The number of fused-ring (bicyclic) bond motifs is 2. The Labute approximate surface area is 135 Å². The Balaban J connectivity index is 1.40. The molecule has 5 rings (SSSR count). The molecule has 3 heterocycles. The minimum Gasteiger partial charge on any atom is -0.361 e. The zero-order chi connectivity index (χ0) is 16.2. The standard InChI is InChI=1S/C17H20N2O3S/c1-11-2-4-14-12(9-18-15(14)6-11)3-5-16(20)19-17-7-13(8-17)23(21,22)10-17/h2,4,6,9,13,18H,3,5,7-8,10H2,1H3,(H,19,20). The highest BCUT2D eigenvalue weighted by atomic mass is 32.2. The van der Waals surface area contributed by atoms with Crippen molar-refractivity contribution >= 4 is 26.6 Å². The summed E-state index contributed by atoms with van der Waals surface area (Å²) in [6.07, 6.45) is 4.17. The molecule has 0 spiro atoms. The van der Waals surface area contributed by atoms with Gasteiger partial charge in [-0.2, -0.15) is 0 Å². The van der Waals surface area contributed by atoms with Crippen LogP contribution in [0.1, 0.15) is 30.4 Å². The van der Waals surface area contributed by atoms with Crippen LogP contribution < -0.4 is 5.32 Å². The fraction of sp³-hybridized carbons (Fsp3) is 0.471. The van der Waals surface area contributed by atoms with Gasteiger partial charge in [0.15, 0.2) is 9.84 Å². The Kier molecular flexibility index (Phi) is 3.10. The van der Waals surface area contributed by atoms with E-state index in [1.165, 1.54) is 5.56 Å². The van der Waals surface area contributed by atoms with Crippen LogP contribution in [0.15, 0.2) is 24.4 Å². The Morgan fingerprint density at radius 3 is 2.87 bits per heavy atom. The van der Waals surface area contributed by atoms with Crippen LogP contribution in [0.4, 0.5) is 0 Å². The van der Waals surface area contributed by atoms with Gasteiger partial charge in [0.25, 0.3) is 0 Å². The number of carbonyl (C=O) groups excluding carboxylic acids is 1. The quantitative estimate of drug-likeness (QED) is 0.897. The maximum absolute atomic E-state index is 12.2. The molecule has 1 aliphatic carbocycles. The molecule has 1 amide bonds. The molecular formula is C17H20N2O3S. The average Bonchev–Trinajstić information content (AvgIpc) is 3.02. The Hall–Kier alpha value is -1.82. The lowest BCUT2D eigenvalue weighted by Gasteiger charge is -2.36. The molecule has 6 heteroatoms. The van der Waals surface area contributed by atoms with E-state index >= 15 is 0 Å². The number of hydrogen-bond donors (Lipinski definition) is 2. The molecule has 3 aliphatic rings. The third kappa shape index (κ3) is 2.45. The maximum atomic E-state index is 12.2. The van der Waals surface area contributed by atoms with Crippen LogP contribution in [0, 0.1) is 6.92 Å². The van der Waals surface area contributed by atoms with E-state index in [-0.39, 0.29) is 16.9 Å². The van der Waals surface area contributed by atoms with Gasteiger partial charge < -0.3 is 10.3 Å². The van der Waals surface area contributed by atoms with Crippen molar-refractivity contribution in [1.29, 1.82) is 0 Å². The van der Waals surface area contributed by atoms with Gasteiger partial charge in [-0.25, -0.2) is 8.42 Å². The summed E-state index contributed by atoms with van der Waals surface area (Å²) in [5, 5.41) is 3.89. The first-order valence-corrected chi connectivity index (χ1v) is 9.68. The van der Waals surface area contributed by atoms with Gasteiger partial charge in [0, 0.05) is 23.5 Å². The molecule has 0 atom stereocenters. The van der Waals surface area contributed by atoms with Crippen molar-refractivity contribution in [3.63, 3.8) is 0 Å². The van der Waals surface area contributed by atoms with Gasteiger partial charge in [0.2, 0.25) is 5.91 Å². The summed E-state index contributed by atoms with van der Waals surface area (Å²) in [6.45, 7) is 2.05. The number of H-pyrrole nitrogens is 1. The molecule has 1 aromatic heterocycles. The van der Waals surface area contributed by atoms with Crippen molar-refractivity contribution in [2.45, 2.75) is 43.4 Å². The van der Waals surface area contributed by atoms with Gasteiger partial charge in [-0.3, -0.25) is 4.79 Å². The molecule has 1 aromatic carbocycles. The van der Waals surface area contributed by atoms with Gasteiger partial charge in [-0.15, -0.1) is 0 Å². The predicted octanol–water partition coefficient (Wildman–Crippen LogP) is 1.85. The summed E-state index contributed by atoms with van der Waals surface area (Å²) >= 11 is 0. The topological polar surface area (TPSA) is 79.0 Å². The average molecular weight is 332 g/mol. The lowest BCUT2D eigenvalue weighted by Crippen LogP contribution is -2.55. The fourth-order valence-electron chi connectivity index (χ4n) is 3.94. The van der Waals surface area contributed by atoms with E-state index < -0.39 is 15.4 Å². The highest BCUT2D eigenvalue weighted by Crippen LogP contribution is 2.46. The van der Waals surface area contributed by atoms with Crippen molar-refractivity contribution in [3.05, 3.63) is 35.5 Å². The molecule has 2 aromatic rings. The fourth-order valence-corrected chi connectivity index (χ4v) is 6.40. The second-order valence-corrected chi connectivity index (χ2v) is 9.31. The van der Waals surface area contributed by atoms with E-state index in [1.54, 1.807) is 0 Å². The molecule has 3 fully saturated rings. The lowest BCUT2D eigenvalue weighted by molar-refractivity contribution is -0.123. The van der Waals surface area contributed by atoms with Crippen molar-refractivity contribution in [2.24, 2.45) is 0 Å². The summed E-state index contributed by atoms with van der Waals surface area (Å²) in [6, 6.07) is 6.24. The number of aromatic amines is 1. The smallest absolute Gasteiger partial charge is 0.220 e. The summed E-state index contributed by atoms with van der Waals surface area (Å²) in [7, 11) is -2.97. The molecule has 122 valence electrons. The summed E-state index contributed by atoms with van der Waals surface area (Å²) in [4.78, 5) is 15.5. The number of amides is 1. The monoisotopic (exact) mass is 332 g/mol. The van der Waals surface area contributed by atoms with E-state index in [9.17, 15) is 13.2 Å². The molecule has 2 N–H and O–H groups in total. The van der Waals surface area contributed by atoms with Gasteiger partial charge >= 0.3 is 0 Å². The van der Waals surface area contributed by atoms with Crippen LogP contribution in [0.2, 0.25) is 0 Å². The third-order valence-electron chi connectivity index (χ3n) is 5.17. The van der Waals surface area contributed by atoms with E-state index in [1.807, 2.05) is 13.1 Å². The van der Waals surface area contributed by atoms with Crippen LogP contribution in [0.3, 0.4) is 0 Å². The first-order valence-electron chi connectivity index (χ1n) is 7.96. The van der Waals surface area contributed by atoms with Gasteiger partial charge in [-0.1, -0.05) is 12.1 Å². The molecule has 2 bridgehead atoms. The SMILES string of the molecule is Cc1ccc2c(CCC(=O)NC34CC(C3)S(=O)(=O)C4)c[nH]c2c1. The number of benzene rings is 1. The third-order valence-corrected chi connectivity index (χ3v) is 7.48. The van der Waals surface area contributed by atoms with Crippen LogP contribution in [-0.2, 0) is 21.1 Å².